The van der Waals surface area contributed by atoms with Gasteiger partial charge in [-0.25, -0.2) is 4.79 Å². The Bertz CT molecular complexity index is 1330. The standard InChI is InChI=1S/C26H23NO5/c1-29-23-10-8-17(12-24(23)30-2)14-27-15-21-22(31-16-27)11-9-19-20(13-25(28)32-26(19)21)18-6-4-3-5-7-18/h3-13H,14-16H2,1-2H3/p+1. The SMILES string of the molecule is COc1ccc(C[NH+]2COc3ccc4c(-c5ccccc5)cc(=O)oc4c3C2)cc1OC. The van der Waals surface area contributed by atoms with Gasteiger partial charge in [0.25, 0.3) is 0 Å². The van der Waals surface area contributed by atoms with Gasteiger partial charge in [-0.15, -0.1) is 0 Å². The number of quaternary nitrogens is 1. The van der Waals surface area contributed by atoms with Crippen LogP contribution < -0.4 is 24.7 Å². The van der Waals surface area contributed by atoms with Gasteiger partial charge < -0.3 is 18.6 Å². The summed E-state index contributed by atoms with van der Waals surface area (Å²) in [4.78, 5) is 13.6. The Morgan fingerprint density at radius 3 is 2.53 bits per heavy atom. The molecule has 6 nitrogen and oxygen atoms in total. The molecule has 1 unspecified atom stereocenters. The van der Waals surface area contributed by atoms with Gasteiger partial charge in [0.1, 0.15) is 18.8 Å². The van der Waals surface area contributed by atoms with Crippen molar-refractivity contribution in [3.8, 4) is 28.4 Å². The van der Waals surface area contributed by atoms with E-state index in [-0.39, 0.29) is 5.63 Å². The first-order valence-electron chi connectivity index (χ1n) is 10.5. The Kier molecular flexibility index (Phi) is 5.29. The predicted octanol–water partition coefficient (Wildman–Crippen LogP) is 3.41. The van der Waals surface area contributed by atoms with E-state index in [2.05, 4.69) is 0 Å². The summed E-state index contributed by atoms with van der Waals surface area (Å²) >= 11 is 0. The van der Waals surface area contributed by atoms with Gasteiger partial charge in [-0.05, 0) is 41.5 Å². The molecule has 3 aromatic carbocycles. The zero-order valence-electron chi connectivity index (χ0n) is 18.0. The third-order valence-corrected chi connectivity index (χ3v) is 5.82. The molecule has 32 heavy (non-hydrogen) atoms. The van der Waals surface area contributed by atoms with Crippen molar-refractivity contribution in [1.29, 1.82) is 0 Å². The average Bonchev–Trinajstić information content (AvgIpc) is 2.84. The Hall–Kier alpha value is -3.77. The van der Waals surface area contributed by atoms with Crippen LogP contribution in [-0.2, 0) is 13.1 Å². The van der Waals surface area contributed by atoms with Crippen molar-refractivity contribution in [2.45, 2.75) is 13.1 Å². The highest BCUT2D eigenvalue weighted by Gasteiger charge is 2.25. The summed E-state index contributed by atoms with van der Waals surface area (Å²) in [5.74, 6) is 2.17. The van der Waals surface area contributed by atoms with Crippen molar-refractivity contribution >= 4 is 11.0 Å². The summed E-state index contributed by atoms with van der Waals surface area (Å²) in [5.41, 5.74) is 4.11. The van der Waals surface area contributed by atoms with Gasteiger partial charge in [0.05, 0.1) is 19.8 Å². The van der Waals surface area contributed by atoms with Crippen LogP contribution >= 0.6 is 0 Å². The van der Waals surface area contributed by atoms with Crippen LogP contribution in [0.4, 0.5) is 0 Å². The van der Waals surface area contributed by atoms with Crippen LogP contribution in [-0.4, -0.2) is 21.0 Å². The van der Waals surface area contributed by atoms with E-state index in [0.29, 0.717) is 30.4 Å². The number of benzene rings is 3. The lowest BCUT2D eigenvalue weighted by Gasteiger charge is -2.27. The van der Waals surface area contributed by atoms with Crippen LogP contribution in [0.2, 0.25) is 0 Å². The van der Waals surface area contributed by atoms with E-state index in [9.17, 15) is 4.79 Å². The lowest BCUT2D eigenvalue weighted by molar-refractivity contribution is -0.945. The molecule has 1 aliphatic rings. The molecule has 0 radical (unpaired) electrons. The Morgan fingerprint density at radius 1 is 0.938 bits per heavy atom. The van der Waals surface area contributed by atoms with Crippen molar-refractivity contribution in [3.63, 3.8) is 0 Å². The molecule has 0 amide bonds. The highest BCUT2D eigenvalue weighted by atomic mass is 16.5. The molecule has 1 N–H and O–H groups in total. The molecule has 0 aliphatic carbocycles. The first kappa shape index (κ1) is 20.2. The fourth-order valence-corrected chi connectivity index (χ4v) is 4.30. The molecule has 2 heterocycles. The van der Waals surface area contributed by atoms with Crippen LogP contribution in [0.5, 0.6) is 17.2 Å². The predicted molar refractivity (Wildman–Crippen MR) is 121 cm³/mol. The second-order valence-electron chi connectivity index (χ2n) is 7.85. The minimum atomic E-state index is -0.364. The minimum absolute atomic E-state index is 0.364. The Labute approximate surface area is 185 Å². The van der Waals surface area contributed by atoms with Gasteiger partial charge in [0.15, 0.2) is 17.1 Å². The molecule has 4 aromatic rings. The summed E-state index contributed by atoms with van der Waals surface area (Å²) in [7, 11) is 3.26. The average molecular weight is 430 g/mol. The number of rotatable bonds is 5. The molecule has 0 saturated carbocycles. The van der Waals surface area contributed by atoms with Crippen molar-refractivity contribution in [2.24, 2.45) is 0 Å². The number of hydrogen-bond acceptors (Lipinski definition) is 5. The van der Waals surface area contributed by atoms with Gasteiger partial charge in [0.2, 0.25) is 6.73 Å². The smallest absolute Gasteiger partial charge is 0.336 e. The lowest BCUT2D eigenvalue weighted by Crippen LogP contribution is -3.10. The highest BCUT2D eigenvalue weighted by molar-refractivity contribution is 5.95. The van der Waals surface area contributed by atoms with Crippen LogP contribution in [0.25, 0.3) is 22.1 Å². The van der Waals surface area contributed by atoms with Crippen LogP contribution in [0.1, 0.15) is 11.1 Å². The van der Waals surface area contributed by atoms with E-state index in [1.54, 1.807) is 20.3 Å². The molecular formula is C26H24NO5+. The Balaban J connectivity index is 1.51. The monoisotopic (exact) mass is 430 g/mol. The Morgan fingerprint density at radius 2 is 1.75 bits per heavy atom. The summed E-state index contributed by atoms with van der Waals surface area (Å²) < 4.78 is 22.5. The topological polar surface area (TPSA) is 62.3 Å². The fourth-order valence-electron chi connectivity index (χ4n) is 4.30. The summed E-state index contributed by atoms with van der Waals surface area (Å²) in [6, 6.07) is 21.3. The number of ether oxygens (including phenoxy) is 3. The molecule has 1 aromatic heterocycles. The normalized spacial score (nSPS) is 15.1. The van der Waals surface area contributed by atoms with Crippen LogP contribution in [0, 0.1) is 0 Å². The van der Waals surface area contributed by atoms with Gasteiger partial charge in [-0.3, -0.25) is 4.90 Å². The first-order valence-corrected chi connectivity index (χ1v) is 10.5. The maximum absolute atomic E-state index is 12.4. The maximum Gasteiger partial charge on any atom is 0.336 e. The van der Waals surface area contributed by atoms with E-state index in [4.69, 9.17) is 18.6 Å². The molecular weight excluding hydrogens is 406 g/mol. The van der Waals surface area contributed by atoms with E-state index >= 15 is 0 Å². The summed E-state index contributed by atoms with van der Waals surface area (Å²) in [6.07, 6.45) is 0. The van der Waals surface area contributed by atoms with Crippen molar-refractivity contribution in [1.82, 2.24) is 0 Å². The molecule has 162 valence electrons. The zero-order chi connectivity index (χ0) is 22.1. The minimum Gasteiger partial charge on any atom is -0.493 e. The molecule has 6 heteroatoms. The van der Waals surface area contributed by atoms with Gasteiger partial charge in [0, 0.05) is 17.0 Å². The third kappa shape index (κ3) is 3.69. The molecule has 0 spiro atoms. The number of hydrogen-bond donors (Lipinski definition) is 1. The highest BCUT2D eigenvalue weighted by Crippen LogP contribution is 2.34. The molecule has 5 rings (SSSR count). The second-order valence-corrected chi connectivity index (χ2v) is 7.85. The first-order chi connectivity index (χ1) is 15.7. The van der Waals surface area contributed by atoms with Gasteiger partial charge in [-0.2, -0.15) is 0 Å². The molecule has 0 bridgehead atoms. The van der Waals surface area contributed by atoms with Crippen molar-refractivity contribution in [3.05, 3.63) is 88.3 Å². The van der Waals surface area contributed by atoms with Crippen LogP contribution in [0.3, 0.4) is 0 Å². The van der Waals surface area contributed by atoms with Crippen molar-refractivity contribution in [2.75, 3.05) is 21.0 Å². The van der Waals surface area contributed by atoms with Crippen LogP contribution in [0.15, 0.2) is 75.9 Å². The second kappa shape index (κ2) is 8.40. The molecule has 1 aliphatic heterocycles. The van der Waals surface area contributed by atoms with E-state index in [1.807, 2.05) is 60.7 Å². The maximum atomic E-state index is 12.4. The largest absolute Gasteiger partial charge is 0.493 e. The fraction of sp³-hybridized carbons (Fsp3) is 0.192. The van der Waals surface area contributed by atoms with E-state index < -0.39 is 0 Å². The van der Waals surface area contributed by atoms with E-state index in [1.165, 1.54) is 4.90 Å². The summed E-state index contributed by atoms with van der Waals surface area (Å²) in [5, 5.41) is 0.908. The number of methoxy groups -OCH3 is 2. The summed E-state index contributed by atoms with van der Waals surface area (Å²) in [6.45, 7) is 1.94. The quantitative estimate of drug-likeness (QED) is 0.492. The molecule has 0 fully saturated rings. The number of nitrogens with one attached hydrogen (secondary N) is 1. The third-order valence-electron chi connectivity index (χ3n) is 5.82. The van der Waals surface area contributed by atoms with Gasteiger partial charge in [-0.1, -0.05) is 30.3 Å². The zero-order valence-corrected chi connectivity index (χ0v) is 18.0. The molecule has 1 atom stereocenters. The molecule has 0 saturated heterocycles. The van der Waals surface area contributed by atoms with Crippen molar-refractivity contribution < 1.29 is 23.5 Å². The lowest BCUT2D eigenvalue weighted by atomic mass is 9.99. The number of fused-ring (bicyclic) bond motifs is 3. The van der Waals surface area contributed by atoms with Gasteiger partial charge >= 0.3 is 5.63 Å². The van der Waals surface area contributed by atoms with E-state index in [0.717, 1.165) is 39.9 Å².